The van der Waals surface area contributed by atoms with E-state index in [0.717, 1.165) is 17.1 Å². The molecule has 2 heteroatoms. The number of allylic oxidation sites excluding steroid dienone is 1. The molecule has 0 aliphatic carbocycles. The van der Waals surface area contributed by atoms with Crippen LogP contribution in [-0.4, -0.2) is 4.57 Å². The monoisotopic (exact) mass is 856 g/mol. The summed E-state index contributed by atoms with van der Waals surface area (Å²) in [4.78, 5) is 2.38. The molecule has 0 atom stereocenters. The molecule has 12 rings (SSSR count). The quantitative estimate of drug-likeness (QED) is 0.138. The highest BCUT2D eigenvalue weighted by Crippen LogP contribution is 2.41. The Labute approximate surface area is 392 Å². The first-order valence-corrected chi connectivity index (χ1v) is 23.0. The lowest BCUT2D eigenvalue weighted by Gasteiger charge is -2.27. The van der Waals surface area contributed by atoms with Crippen LogP contribution in [0.25, 0.3) is 93.5 Å². The molecule has 0 fully saturated rings. The first kappa shape index (κ1) is 41.0. The summed E-state index contributed by atoms with van der Waals surface area (Å²) in [6.45, 7) is 5.25. The molecule has 1 heterocycles. The molecule has 1 aromatic heterocycles. The van der Waals surface area contributed by atoms with Gasteiger partial charge in [-0.1, -0.05) is 200 Å². The van der Waals surface area contributed by atoms with E-state index in [1.807, 2.05) is 6.92 Å². The number of rotatable bonds is 8. The Morgan fingerprint density at radius 1 is 0.343 bits per heavy atom. The largest absolute Gasteiger partial charge is 0.310 e. The Balaban J connectivity index is 0.00000161. The second-order valence-corrected chi connectivity index (χ2v) is 16.9. The molecule has 318 valence electrons. The van der Waals surface area contributed by atoms with E-state index in [-0.39, 0.29) is 0 Å². The van der Waals surface area contributed by atoms with Gasteiger partial charge in [0.15, 0.2) is 0 Å². The van der Waals surface area contributed by atoms with Gasteiger partial charge in [-0.15, -0.1) is 6.58 Å². The Morgan fingerprint density at radius 3 is 1.37 bits per heavy atom. The van der Waals surface area contributed by atoms with Gasteiger partial charge in [-0.3, -0.25) is 0 Å². The van der Waals surface area contributed by atoms with Gasteiger partial charge in [0.25, 0.3) is 0 Å². The van der Waals surface area contributed by atoms with Crippen LogP contribution < -0.4 is 4.90 Å². The molecule has 2 nitrogen and oxygen atoms in total. The summed E-state index contributed by atoms with van der Waals surface area (Å²) in [7, 11) is 0. The molecular formula is C65H48N2. The summed E-state index contributed by atoms with van der Waals surface area (Å²) in [6, 6.07) is 92.5. The number of aromatic nitrogens is 1. The van der Waals surface area contributed by atoms with E-state index >= 15 is 0 Å². The minimum absolute atomic E-state index is 1.11. The molecule has 0 unspecified atom stereocenters. The summed E-state index contributed by atoms with van der Waals surface area (Å²) >= 11 is 0. The van der Waals surface area contributed by atoms with Crippen LogP contribution in [0.15, 0.2) is 267 Å². The van der Waals surface area contributed by atoms with Crippen LogP contribution in [0.1, 0.15) is 6.92 Å². The van der Waals surface area contributed by atoms with E-state index < -0.39 is 0 Å². The van der Waals surface area contributed by atoms with Crippen molar-refractivity contribution in [2.45, 2.75) is 6.92 Å². The summed E-state index contributed by atoms with van der Waals surface area (Å²) in [5.74, 6) is 0. The van der Waals surface area contributed by atoms with Crippen LogP contribution in [0.5, 0.6) is 0 Å². The fourth-order valence-electron chi connectivity index (χ4n) is 9.62. The van der Waals surface area contributed by atoms with Crippen LogP contribution >= 0.6 is 0 Å². The van der Waals surface area contributed by atoms with Gasteiger partial charge in [0.05, 0.1) is 16.7 Å². The molecule has 0 N–H and O–H groups in total. The van der Waals surface area contributed by atoms with Crippen LogP contribution in [0.4, 0.5) is 17.1 Å². The zero-order valence-corrected chi connectivity index (χ0v) is 37.4. The maximum Gasteiger partial charge on any atom is 0.0541 e. The van der Waals surface area contributed by atoms with Gasteiger partial charge < -0.3 is 9.47 Å². The predicted molar refractivity (Wildman–Crippen MR) is 288 cm³/mol. The highest BCUT2D eigenvalue weighted by molar-refractivity contribution is 6.10. The van der Waals surface area contributed by atoms with Gasteiger partial charge in [-0.05, 0) is 128 Å². The second kappa shape index (κ2) is 18.0. The molecule has 0 aliphatic rings. The molecule has 0 saturated heterocycles. The number of fused-ring (bicyclic) bond motifs is 5. The Bertz CT molecular complexity index is 3660. The summed E-state index contributed by atoms with van der Waals surface area (Å²) in [5.41, 5.74) is 16.6. The van der Waals surface area contributed by atoms with Crippen molar-refractivity contribution in [3.8, 4) is 50.2 Å². The number of hydrogen-bond acceptors (Lipinski definition) is 1. The lowest BCUT2D eigenvalue weighted by molar-refractivity contribution is 1.18. The minimum atomic E-state index is 1.11. The average molecular weight is 857 g/mol. The van der Waals surface area contributed by atoms with Gasteiger partial charge in [0.2, 0.25) is 0 Å². The zero-order valence-electron chi connectivity index (χ0n) is 37.4. The highest BCUT2D eigenvalue weighted by atomic mass is 15.1. The molecular weight excluding hydrogens is 809 g/mol. The highest BCUT2D eigenvalue weighted by Gasteiger charge is 2.17. The van der Waals surface area contributed by atoms with E-state index in [0.29, 0.717) is 0 Å². The minimum Gasteiger partial charge on any atom is -0.310 e. The van der Waals surface area contributed by atoms with E-state index in [1.165, 1.54) is 93.5 Å². The lowest BCUT2D eigenvalue weighted by atomic mass is 9.97. The standard InChI is InChI=1S/C62H42N2.C3H6/c1-2-16-52(17-3-1)64-61-22-9-8-20-58(61)59-42-51(36-41-62(59)64)47-30-28-44(29-31-47)43-24-26-45(27-25-43)46-32-37-53(38-33-46)63(60-23-11-15-49-13-5-7-19-57(49)60)54-39-34-50(35-40-54)56-21-10-14-48-12-4-6-18-55(48)56;1-3-2/h1-42H;3H,1H2,2H3. The number of hydrogen-bond donors (Lipinski definition) is 0. The van der Waals surface area contributed by atoms with Gasteiger partial charge in [-0.25, -0.2) is 0 Å². The topological polar surface area (TPSA) is 8.17 Å². The van der Waals surface area contributed by atoms with Crippen molar-refractivity contribution in [1.29, 1.82) is 0 Å². The van der Waals surface area contributed by atoms with Crippen molar-refractivity contribution >= 4 is 60.4 Å². The lowest BCUT2D eigenvalue weighted by Crippen LogP contribution is -2.10. The molecule has 11 aromatic carbocycles. The summed E-state index contributed by atoms with van der Waals surface area (Å²) in [6.07, 6.45) is 1.75. The van der Waals surface area contributed by atoms with Crippen molar-refractivity contribution in [1.82, 2.24) is 4.57 Å². The van der Waals surface area contributed by atoms with Gasteiger partial charge in [-0.2, -0.15) is 0 Å². The molecule has 0 spiro atoms. The van der Waals surface area contributed by atoms with Crippen LogP contribution in [0, 0.1) is 0 Å². The second-order valence-electron chi connectivity index (χ2n) is 16.9. The maximum atomic E-state index is 3.36. The Morgan fingerprint density at radius 2 is 0.761 bits per heavy atom. The smallest absolute Gasteiger partial charge is 0.0541 e. The Kier molecular flexibility index (Phi) is 11.0. The third-order valence-electron chi connectivity index (χ3n) is 12.8. The first-order valence-electron chi connectivity index (χ1n) is 23.0. The molecule has 0 amide bonds. The van der Waals surface area contributed by atoms with Gasteiger partial charge in [0, 0.05) is 33.2 Å². The molecule has 0 radical (unpaired) electrons. The summed E-state index contributed by atoms with van der Waals surface area (Å²) in [5, 5.41) is 7.47. The van der Waals surface area contributed by atoms with Crippen molar-refractivity contribution in [2.24, 2.45) is 0 Å². The molecule has 12 aromatic rings. The number of para-hydroxylation sites is 2. The van der Waals surface area contributed by atoms with Crippen molar-refractivity contribution in [3.05, 3.63) is 267 Å². The number of nitrogens with zero attached hydrogens (tertiary/aromatic N) is 2. The van der Waals surface area contributed by atoms with Crippen LogP contribution in [-0.2, 0) is 0 Å². The van der Waals surface area contributed by atoms with E-state index in [1.54, 1.807) is 6.08 Å². The average Bonchev–Trinajstić information content (AvgIpc) is 3.73. The fraction of sp³-hybridized carbons (Fsp3) is 0.0154. The molecule has 0 bridgehead atoms. The maximum absolute atomic E-state index is 3.36. The molecule has 67 heavy (non-hydrogen) atoms. The van der Waals surface area contributed by atoms with Gasteiger partial charge in [0.1, 0.15) is 0 Å². The fourth-order valence-corrected chi connectivity index (χ4v) is 9.62. The van der Waals surface area contributed by atoms with Gasteiger partial charge >= 0.3 is 0 Å². The summed E-state index contributed by atoms with van der Waals surface area (Å²) < 4.78 is 2.36. The van der Waals surface area contributed by atoms with Crippen molar-refractivity contribution < 1.29 is 0 Å². The third kappa shape index (κ3) is 7.85. The van der Waals surface area contributed by atoms with Crippen molar-refractivity contribution in [3.63, 3.8) is 0 Å². The van der Waals surface area contributed by atoms with Crippen LogP contribution in [0.3, 0.4) is 0 Å². The molecule has 0 saturated carbocycles. The zero-order chi connectivity index (χ0) is 45.1. The third-order valence-corrected chi connectivity index (χ3v) is 12.8. The van der Waals surface area contributed by atoms with Crippen molar-refractivity contribution in [2.75, 3.05) is 4.90 Å². The number of benzene rings is 11. The van der Waals surface area contributed by atoms with E-state index in [9.17, 15) is 0 Å². The first-order chi connectivity index (χ1) is 33.1. The van der Waals surface area contributed by atoms with Crippen LogP contribution in [0.2, 0.25) is 0 Å². The number of anilines is 3. The normalized spacial score (nSPS) is 11.1. The Hall–Kier alpha value is -8.72. The predicted octanol–water partition coefficient (Wildman–Crippen LogP) is 18.4. The SMILES string of the molecule is C=CC.c1ccc(-n2c3ccccc3c3cc(-c4ccc(-c5ccc(-c6ccc(N(c7ccc(-c8cccc9ccccc89)cc7)c7cccc8ccccc78)cc6)cc5)cc4)ccc32)cc1. The molecule has 0 aliphatic heterocycles. The van der Waals surface area contributed by atoms with E-state index in [4.69, 9.17) is 0 Å². The van der Waals surface area contributed by atoms with E-state index in [2.05, 4.69) is 271 Å².